The van der Waals surface area contributed by atoms with Gasteiger partial charge in [0.1, 0.15) is 6.61 Å². The maximum absolute atomic E-state index is 12.7. The van der Waals surface area contributed by atoms with Crippen LogP contribution in [0.15, 0.2) is 72.4 Å². The van der Waals surface area contributed by atoms with Crippen molar-refractivity contribution in [3.05, 3.63) is 109 Å². The fourth-order valence-electron chi connectivity index (χ4n) is 3.76. The number of nitro benzene ring substituents is 1. The van der Waals surface area contributed by atoms with Crippen LogP contribution in [0.3, 0.4) is 0 Å². The van der Waals surface area contributed by atoms with Crippen molar-refractivity contribution in [2.75, 3.05) is 6.61 Å². The second-order valence-electron chi connectivity index (χ2n) is 8.25. The van der Waals surface area contributed by atoms with E-state index in [1.807, 2.05) is 13.0 Å². The molecule has 1 heterocycles. The predicted molar refractivity (Wildman–Crippen MR) is 156 cm³/mol. The molecule has 0 saturated heterocycles. The Morgan fingerprint density at radius 2 is 1.95 bits per heavy atom. The number of carbonyl (C=O) groups excluding carboxylic acids is 1. The third-order valence-corrected chi connectivity index (χ3v) is 7.22. The van der Waals surface area contributed by atoms with E-state index in [1.54, 1.807) is 42.5 Å². The van der Waals surface area contributed by atoms with E-state index >= 15 is 0 Å². The summed E-state index contributed by atoms with van der Waals surface area (Å²) in [5, 5.41) is 16.8. The smallest absolute Gasteiger partial charge is 0.281 e. The molecule has 4 rings (SSSR count). The number of benzene rings is 3. The summed E-state index contributed by atoms with van der Waals surface area (Å²) in [6, 6.07) is 14.9. The Kier molecular flexibility index (Phi) is 9.19. The van der Waals surface area contributed by atoms with Gasteiger partial charge in [-0.25, -0.2) is 5.43 Å². The number of nitrogens with zero attached hydrogens (tertiary/aromatic N) is 2. The van der Waals surface area contributed by atoms with E-state index in [1.165, 1.54) is 29.7 Å². The van der Waals surface area contributed by atoms with E-state index in [-0.39, 0.29) is 12.3 Å². The van der Waals surface area contributed by atoms with Gasteiger partial charge in [0.25, 0.3) is 11.6 Å². The lowest BCUT2D eigenvalue weighted by Crippen LogP contribution is -2.16. The van der Waals surface area contributed by atoms with Crippen LogP contribution in [0.25, 0.3) is 10.1 Å². The van der Waals surface area contributed by atoms with Crippen LogP contribution in [0.5, 0.6) is 11.5 Å². The van der Waals surface area contributed by atoms with Gasteiger partial charge in [0.2, 0.25) is 0 Å². The van der Waals surface area contributed by atoms with Crippen molar-refractivity contribution in [2.45, 2.75) is 20.0 Å². The molecule has 1 N–H and O–H groups in total. The van der Waals surface area contributed by atoms with Crippen molar-refractivity contribution < 1.29 is 19.2 Å². The van der Waals surface area contributed by atoms with E-state index in [2.05, 4.69) is 17.1 Å². The third kappa shape index (κ3) is 6.94. The van der Waals surface area contributed by atoms with Crippen molar-refractivity contribution in [2.24, 2.45) is 5.10 Å². The second kappa shape index (κ2) is 12.8. The minimum Gasteiger partial charge on any atom is -0.490 e. The molecule has 1 aromatic heterocycles. The summed E-state index contributed by atoms with van der Waals surface area (Å²) in [5.74, 6) is 0.649. The third-order valence-electron chi connectivity index (χ3n) is 5.52. The van der Waals surface area contributed by atoms with Crippen molar-refractivity contribution in [3.63, 3.8) is 0 Å². The van der Waals surface area contributed by atoms with Crippen LogP contribution in [0, 0.1) is 10.1 Å². The van der Waals surface area contributed by atoms with Gasteiger partial charge >= 0.3 is 0 Å². The highest BCUT2D eigenvalue weighted by Crippen LogP contribution is 2.35. The van der Waals surface area contributed by atoms with Gasteiger partial charge in [-0.3, -0.25) is 14.9 Å². The first-order valence-electron chi connectivity index (χ1n) is 11.8. The van der Waals surface area contributed by atoms with Gasteiger partial charge < -0.3 is 9.47 Å². The fraction of sp³-hybridized carbons (Fsp3) is 0.143. The zero-order chi connectivity index (χ0) is 27.9. The summed E-state index contributed by atoms with van der Waals surface area (Å²) >= 11 is 13.5. The highest BCUT2D eigenvalue weighted by atomic mass is 35.5. The summed E-state index contributed by atoms with van der Waals surface area (Å²) in [5.41, 5.74) is 4.75. The Balaban J connectivity index is 1.53. The summed E-state index contributed by atoms with van der Waals surface area (Å²) in [7, 11) is 0. The number of hydrazone groups is 1. The van der Waals surface area contributed by atoms with Gasteiger partial charge in [0.05, 0.1) is 22.6 Å². The minimum absolute atomic E-state index is 0.0330. The van der Waals surface area contributed by atoms with Crippen molar-refractivity contribution in [3.8, 4) is 11.5 Å². The van der Waals surface area contributed by atoms with E-state index in [0.717, 1.165) is 15.8 Å². The van der Waals surface area contributed by atoms with Crippen molar-refractivity contribution in [1.82, 2.24) is 5.43 Å². The molecule has 0 spiro atoms. The first-order chi connectivity index (χ1) is 18.8. The first-order valence-corrected chi connectivity index (χ1v) is 13.3. The molecule has 11 heteroatoms. The zero-order valence-electron chi connectivity index (χ0n) is 20.8. The number of fused-ring (bicyclic) bond motifs is 1. The maximum atomic E-state index is 12.7. The Labute approximate surface area is 238 Å². The molecular formula is C28H23Cl2N3O5S. The quantitative estimate of drug-likeness (QED) is 0.0847. The summed E-state index contributed by atoms with van der Waals surface area (Å²) in [4.78, 5) is 23.6. The molecule has 0 aliphatic carbocycles. The molecule has 4 aromatic rings. The van der Waals surface area contributed by atoms with Crippen LogP contribution >= 0.6 is 34.5 Å². The van der Waals surface area contributed by atoms with E-state index in [4.69, 9.17) is 32.7 Å². The number of nitro groups is 1. The number of hydrogen-bond donors (Lipinski definition) is 1. The van der Waals surface area contributed by atoms with Gasteiger partial charge in [0, 0.05) is 43.4 Å². The Morgan fingerprint density at radius 3 is 2.67 bits per heavy atom. The lowest BCUT2D eigenvalue weighted by molar-refractivity contribution is -0.384. The van der Waals surface area contributed by atoms with Crippen LogP contribution < -0.4 is 14.9 Å². The number of rotatable bonds is 11. The van der Waals surface area contributed by atoms with E-state index in [9.17, 15) is 14.9 Å². The molecule has 200 valence electrons. The van der Waals surface area contributed by atoms with Gasteiger partial charge in [-0.15, -0.1) is 17.9 Å². The van der Waals surface area contributed by atoms with Crippen molar-refractivity contribution in [1.29, 1.82) is 0 Å². The molecule has 0 aliphatic heterocycles. The highest BCUT2D eigenvalue weighted by molar-refractivity contribution is 7.20. The van der Waals surface area contributed by atoms with Crippen molar-refractivity contribution >= 4 is 62.4 Å². The summed E-state index contributed by atoms with van der Waals surface area (Å²) in [6.45, 7) is 6.33. The molecule has 0 saturated carbocycles. The first kappa shape index (κ1) is 28.1. The monoisotopic (exact) mass is 583 g/mol. The van der Waals surface area contributed by atoms with Gasteiger partial charge in [-0.05, 0) is 55.3 Å². The second-order valence-corrected chi connectivity index (χ2v) is 10.2. The summed E-state index contributed by atoms with van der Waals surface area (Å²) in [6.07, 6.45) is 3.76. The molecule has 39 heavy (non-hydrogen) atoms. The van der Waals surface area contributed by atoms with Gasteiger partial charge in [-0.1, -0.05) is 35.3 Å². The minimum atomic E-state index is -0.471. The van der Waals surface area contributed by atoms with Gasteiger partial charge in [0.15, 0.2) is 11.5 Å². The van der Waals surface area contributed by atoms with Crippen LogP contribution in [-0.2, 0) is 13.0 Å². The maximum Gasteiger partial charge on any atom is 0.281 e. The largest absolute Gasteiger partial charge is 0.490 e. The fourth-order valence-corrected chi connectivity index (χ4v) is 5.15. The number of thiophene rings is 1. The molecule has 8 nitrogen and oxygen atoms in total. The molecule has 3 aromatic carbocycles. The number of non-ortho nitro benzene ring substituents is 1. The molecule has 0 atom stereocenters. The average Bonchev–Trinajstić information content (AvgIpc) is 3.33. The molecule has 0 fully saturated rings. The molecule has 1 amide bonds. The molecule has 0 bridgehead atoms. The molecule has 0 unspecified atom stereocenters. The van der Waals surface area contributed by atoms with Crippen LogP contribution in [0.2, 0.25) is 10.0 Å². The lowest BCUT2D eigenvalue weighted by Gasteiger charge is -2.17. The number of carbonyl (C=O) groups is 1. The molecular weight excluding hydrogens is 561 g/mol. The zero-order valence-corrected chi connectivity index (χ0v) is 23.1. The number of ether oxygens (including phenoxy) is 2. The lowest BCUT2D eigenvalue weighted by atomic mass is 10.1. The Morgan fingerprint density at radius 1 is 1.13 bits per heavy atom. The molecule has 0 radical (unpaired) electrons. The number of nitrogens with one attached hydrogen (secondary N) is 1. The standard InChI is InChI=1S/C28H23Cl2N3O5S/c1-3-5-18-10-17(11-24(37-4-2)27(18)38-16-19-6-7-21(29)14-23(19)30)15-31-32-28(34)26-13-20-12-22(33(35)36)8-9-25(20)39-26/h3,6-15H,1,4-5,16H2,2H3,(H,32,34)/b31-15-. The van der Waals surface area contributed by atoms with E-state index in [0.29, 0.717) is 50.4 Å². The number of halogens is 2. The van der Waals surface area contributed by atoms with Crippen LogP contribution in [0.4, 0.5) is 5.69 Å². The van der Waals surface area contributed by atoms with E-state index < -0.39 is 10.8 Å². The molecule has 0 aliphatic rings. The number of hydrogen-bond acceptors (Lipinski definition) is 7. The number of allylic oxidation sites excluding steroid dienone is 1. The number of amides is 1. The topological polar surface area (TPSA) is 103 Å². The average molecular weight is 584 g/mol. The van der Waals surface area contributed by atoms with Gasteiger partial charge in [-0.2, -0.15) is 5.10 Å². The SMILES string of the molecule is C=CCc1cc(/C=N\NC(=O)c2cc3cc([N+](=O)[O-])ccc3s2)cc(OCC)c1OCc1ccc(Cl)cc1Cl. The Hall–Kier alpha value is -3.92. The normalized spacial score (nSPS) is 11.1. The van der Waals surface area contributed by atoms with Crippen LogP contribution in [0.1, 0.15) is 33.3 Å². The predicted octanol–water partition coefficient (Wildman–Crippen LogP) is 7.59. The van der Waals surface area contributed by atoms with Crippen LogP contribution in [-0.4, -0.2) is 23.7 Å². The Bertz CT molecular complexity index is 1590. The summed E-state index contributed by atoms with van der Waals surface area (Å²) < 4.78 is 12.7. The highest BCUT2D eigenvalue weighted by Gasteiger charge is 2.15.